The Bertz CT molecular complexity index is 1550. The lowest BCUT2D eigenvalue weighted by Gasteiger charge is -2.44. The molecule has 0 spiro atoms. The summed E-state index contributed by atoms with van der Waals surface area (Å²) < 4.78 is 34.1. The fourth-order valence-electron chi connectivity index (χ4n) is 5.31. The van der Waals surface area contributed by atoms with Crippen LogP contribution in [0.2, 0.25) is 0 Å². The lowest BCUT2D eigenvalue weighted by molar-refractivity contribution is 0.0888. The molecule has 1 aromatic heterocycles. The van der Waals surface area contributed by atoms with E-state index in [1.165, 1.54) is 3.97 Å². The highest BCUT2D eigenvalue weighted by Gasteiger charge is 2.36. The van der Waals surface area contributed by atoms with Crippen molar-refractivity contribution in [2.75, 3.05) is 24.5 Å². The van der Waals surface area contributed by atoms with E-state index >= 15 is 0 Å². The molecule has 3 heterocycles. The number of fused-ring (bicyclic) bond motifs is 2. The molecule has 0 N–H and O–H groups in total. The minimum absolute atomic E-state index is 0.0547. The van der Waals surface area contributed by atoms with Gasteiger partial charge in [-0.3, -0.25) is 0 Å². The van der Waals surface area contributed by atoms with Gasteiger partial charge in [-0.25, -0.2) is 17.2 Å². The maximum atomic E-state index is 13.5. The van der Waals surface area contributed by atoms with Crippen molar-refractivity contribution in [2.45, 2.75) is 30.9 Å². The summed E-state index contributed by atoms with van der Waals surface area (Å²) >= 11 is 0. The first-order chi connectivity index (χ1) is 17.4. The Morgan fingerprint density at radius 1 is 0.972 bits per heavy atom. The van der Waals surface area contributed by atoms with Crippen LogP contribution in [0.3, 0.4) is 0 Å². The molecular formula is C28H27N3O4S. The van der Waals surface area contributed by atoms with Crippen LogP contribution in [0.1, 0.15) is 16.7 Å². The number of hydrogen-bond donors (Lipinski definition) is 0. The molecule has 6 rings (SSSR count). The Morgan fingerprint density at radius 3 is 2.53 bits per heavy atom. The number of aryl methyl sites for hydroxylation is 1. The number of nitrogens with zero attached hydrogens (tertiary/aromatic N) is 3. The van der Waals surface area contributed by atoms with Gasteiger partial charge in [0.05, 0.1) is 16.5 Å². The average Bonchev–Trinajstić information content (AvgIpc) is 3.28. The van der Waals surface area contributed by atoms with Gasteiger partial charge in [-0.2, -0.15) is 0 Å². The standard InChI is InChI=1S/C28H27N3O4S/c1-20-10-12-24(13-11-20)36(33,34)31-17-22-16-23-18-29(28(32)35-19-21-6-3-2-4-7-21)14-15-30(23)25-8-5-9-26(31)27(22)25/h2-13,17,23H,14-16,18-19H2,1H3. The van der Waals surface area contributed by atoms with Crippen molar-refractivity contribution in [3.05, 3.63) is 95.7 Å². The summed E-state index contributed by atoms with van der Waals surface area (Å²) in [5.41, 5.74) is 4.66. The van der Waals surface area contributed by atoms with E-state index in [4.69, 9.17) is 4.74 Å². The summed E-state index contributed by atoms with van der Waals surface area (Å²) in [4.78, 5) is 17.1. The van der Waals surface area contributed by atoms with Gasteiger partial charge in [-0.15, -0.1) is 0 Å². The molecule has 1 fully saturated rings. The number of anilines is 1. The summed E-state index contributed by atoms with van der Waals surface area (Å²) in [5.74, 6) is 0. The predicted octanol–water partition coefficient (Wildman–Crippen LogP) is 4.57. The van der Waals surface area contributed by atoms with Crippen LogP contribution in [-0.4, -0.2) is 49.1 Å². The van der Waals surface area contributed by atoms with E-state index in [0.29, 0.717) is 31.6 Å². The zero-order valence-corrected chi connectivity index (χ0v) is 20.8. The van der Waals surface area contributed by atoms with Crippen molar-refractivity contribution in [2.24, 2.45) is 0 Å². The van der Waals surface area contributed by atoms with Crippen LogP contribution >= 0.6 is 0 Å². The Balaban J connectivity index is 1.27. The Hall–Kier alpha value is -3.78. The number of rotatable bonds is 4. The fraction of sp³-hybridized carbons (Fsp3) is 0.250. The van der Waals surface area contributed by atoms with Crippen LogP contribution in [0.5, 0.6) is 0 Å². The second-order valence-electron chi connectivity index (χ2n) is 9.48. The summed E-state index contributed by atoms with van der Waals surface area (Å²) in [6, 6.07) is 22.5. The maximum Gasteiger partial charge on any atom is 0.410 e. The number of ether oxygens (including phenoxy) is 1. The first-order valence-electron chi connectivity index (χ1n) is 12.1. The molecule has 3 aromatic carbocycles. The maximum absolute atomic E-state index is 13.5. The average molecular weight is 502 g/mol. The van der Waals surface area contributed by atoms with Gasteiger partial charge < -0.3 is 14.5 Å². The van der Waals surface area contributed by atoms with E-state index < -0.39 is 10.0 Å². The molecule has 184 valence electrons. The third-order valence-electron chi connectivity index (χ3n) is 7.14. The van der Waals surface area contributed by atoms with Crippen LogP contribution in [0, 0.1) is 6.92 Å². The Morgan fingerprint density at radius 2 is 1.75 bits per heavy atom. The van der Waals surface area contributed by atoms with E-state index in [1.807, 2.05) is 67.6 Å². The Labute approximate surface area is 210 Å². The summed E-state index contributed by atoms with van der Waals surface area (Å²) in [6.45, 7) is 3.93. The molecule has 1 saturated heterocycles. The lowest BCUT2D eigenvalue weighted by Crippen LogP contribution is -2.56. The summed E-state index contributed by atoms with van der Waals surface area (Å²) in [6.07, 6.45) is 2.10. The van der Waals surface area contributed by atoms with E-state index in [-0.39, 0.29) is 23.6 Å². The van der Waals surface area contributed by atoms with Crippen LogP contribution < -0.4 is 4.90 Å². The third-order valence-corrected chi connectivity index (χ3v) is 8.83. The van der Waals surface area contributed by atoms with E-state index in [9.17, 15) is 13.2 Å². The van der Waals surface area contributed by atoms with Gasteiger partial charge in [0, 0.05) is 36.9 Å². The largest absolute Gasteiger partial charge is 0.445 e. The number of hydrogen-bond acceptors (Lipinski definition) is 5. The molecule has 0 aliphatic carbocycles. The molecule has 0 bridgehead atoms. The molecule has 2 aliphatic rings. The Kier molecular flexibility index (Phi) is 5.48. The van der Waals surface area contributed by atoms with E-state index in [1.54, 1.807) is 23.2 Å². The van der Waals surface area contributed by atoms with E-state index in [2.05, 4.69) is 4.90 Å². The smallest absolute Gasteiger partial charge is 0.410 e. The van der Waals surface area contributed by atoms with Crippen LogP contribution in [0.4, 0.5) is 10.5 Å². The highest BCUT2D eigenvalue weighted by molar-refractivity contribution is 7.90. The molecule has 4 aromatic rings. The van der Waals surface area contributed by atoms with Gasteiger partial charge in [0.2, 0.25) is 0 Å². The minimum atomic E-state index is -3.74. The molecule has 36 heavy (non-hydrogen) atoms. The number of carbonyl (C=O) groups is 1. The van der Waals surface area contributed by atoms with Gasteiger partial charge in [0.1, 0.15) is 6.61 Å². The van der Waals surface area contributed by atoms with Gasteiger partial charge >= 0.3 is 6.09 Å². The van der Waals surface area contributed by atoms with Crippen molar-refractivity contribution >= 4 is 32.7 Å². The molecular weight excluding hydrogens is 474 g/mol. The molecule has 1 amide bonds. The molecule has 1 atom stereocenters. The molecule has 7 nitrogen and oxygen atoms in total. The minimum Gasteiger partial charge on any atom is -0.445 e. The summed E-state index contributed by atoms with van der Waals surface area (Å²) in [5, 5.41) is 0.976. The van der Waals surface area contributed by atoms with Gasteiger partial charge in [-0.05, 0) is 48.7 Å². The number of benzene rings is 3. The van der Waals surface area contributed by atoms with Crippen molar-refractivity contribution < 1.29 is 17.9 Å². The molecule has 2 aliphatic heterocycles. The quantitative estimate of drug-likeness (QED) is 0.410. The van der Waals surface area contributed by atoms with Gasteiger partial charge in [0.25, 0.3) is 10.0 Å². The summed E-state index contributed by atoms with van der Waals surface area (Å²) in [7, 11) is -3.74. The van der Waals surface area contributed by atoms with Crippen LogP contribution in [-0.2, 0) is 27.8 Å². The second-order valence-corrected chi connectivity index (χ2v) is 11.3. The molecule has 8 heteroatoms. The topological polar surface area (TPSA) is 71.9 Å². The SMILES string of the molecule is Cc1ccc(S(=O)(=O)n2cc3c4c(cccc42)N2CCN(C(=O)OCc4ccccc4)CC2C3)cc1. The fourth-order valence-corrected chi connectivity index (χ4v) is 6.70. The zero-order valence-electron chi connectivity index (χ0n) is 20.0. The van der Waals surface area contributed by atoms with Gasteiger partial charge in [0.15, 0.2) is 0 Å². The first kappa shape index (κ1) is 22.7. The number of aromatic nitrogens is 1. The predicted molar refractivity (Wildman–Crippen MR) is 139 cm³/mol. The second kappa shape index (κ2) is 8.71. The van der Waals surface area contributed by atoms with Crippen molar-refractivity contribution in [3.63, 3.8) is 0 Å². The molecule has 1 unspecified atom stereocenters. The first-order valence-corrected chi connectivity index (χ1v) is 13.5. The molecule has 0 radical (unpaired) electrons. The zero-order chi connectivity index (χ0) is 24.9. The van der Waals surface area contributed by atoms with Crippen LogP contribution in [0.25, 0.3) is 10.9 Å². The highest BCUT2D eigenvalue weighted by atomic mass is 32.2. The van der Waals surface area contributed by atoms with E-state index in [0.717, 1.165) is 27.8 Å². The highest BCUT2D eigenvalue weighted by Crippen LogP contribution is 2.40. The van der Waals surface area contributed by atoms with Crippen molar-refractivity contribution in [3.8, 4) is 0 Å². The van der Waals surface area contributed by atoms with Crippen molar-refractivity contribution in [1.82, 2.24) is 8.87 Å². The van der Waals surface area contributed by atoms with Crippen molar-refractivity contribution in [1.29, 1.82) is 0 Å². The van der Waals surface area contributed by atoms with Crippen LogP contribution in [0.15, 0.2) is 83.9 Å². The number of carbonyl (C=O) groups excluding carboxylic acids is 1. The molecule has 0 saturated carbocycles. The monoisotopic (exact) mass is 501 g/mol. The number of piperazine rings is 1. The lowest BCUT2D eigenvalue weighted by atomic mass is 9.94. The normalized spacial score (nSPS) is 17.2. The third kappa shape index (κ3) is 3.82. The number of amides is 1. The van der Waals surface area contributed by atoms with Gasteiger partial charge in [-0.1, -0.05) is 54.1 Å².